The van der Waals surface area contributed by atoms with E-state index in [4.69, 9.17) is 9.47 Å². The maximum Gasteiger partial charge on any atom is 0.225 e. The molecule has 0 aromatic carbocycles. The van der Waals surface area contributed by atoms with Crippen molar-refractivity contribution in [3.63, 3.8) is 0 Å². The smallest absolute Gasteiger partial charge is 0.225 e. The molecule has 1 amide bonds. The average molecular weight is 301 g/mol. The van der Waals surface area contributed by atoms with E-state index in [9.17, 15) is 4.79 Å². The number of rotatable bonds is 8. The lowest BCUT2D eigenvalue weighted by atomic mass is 10.3. The molecule has 7 heteroatoms. The highest BCUT2D eigenvalue weighted by Gasteiger charge is 2.17. The molecule has 0 spiro atoms. The minimum Gasteiger partial charge on any atom is -0.354 e. The van der Waals surface area contributed by atoms with E-state index in [0.29, 0.717) is 13.1 Å². The van der Waals surface area contributed by atoms with Gasteiger partial charge in [-0.25, -0.2) is 4.98 Å². The fourth-order valence-corrected chi connectivity index (χ4v) is 2.79. The van der Waals surface area contributed by atoms with Crippen LogP contribution < -0.4 is 10.2 Å². The number of hydrogen-bond donors (Lipinski definition) is 1. The lowest BCUT2D eigenvalue weighted by molar-refractivity contribution is -0.119. The molecule has 0 aliphatic heterocycles. The summed E-state index contributed by atoms with van der Waals surface area (Å²) in [4.78, 5) is 17.6. The van der Waals surface area contributed by atoms with Crippen molar-refractivity contribution in [2.75, 3.05) is 25.7 Å². The monoisotopic (exact) mass is 301 g/mol. The van der Waals surface area contributed by atoms with Crippen LogP contribution in [0.25, 0.3) is 0 Å². The summed E-state index contributed by atoms with van der Waals surface area (Å²) in [5.41, 5.74) is 0.905. The third-order valence-electron chi connectivity index (χ3n) is 2.94. The quantitative estimate of drug-likeness (QED) is 0.739. The fourth-order valence-electron chi connectivity index (χ4n) is 1.86. The minimum atomic E-state index is -0.294. The predicted molar refractivity (Wildman–Crippen MR) is 79.9 cm³/mol. The van der Waals surface area contributed by atoms with E-state index < -0.39 is 0 Å². The van der Waals surface area contributed by atoms with Crippen LogP contribution in [0.15, 0.2) is 5.38 Å². The number of aromatic nitrogens is 1. The molecule has 1 atom stereocenters. The van der Waals surface area contributed by atoms with Gasteiger partial charge in [-0.05, 0) is 13.8 Å². The van der Waals surface area contributed by atoms with Gasteiger partial charge in [0.05, 0.1) is 11.7 Å². The number of nitrogens with zero attached hydrogens (tertiary/aromatic N) is 2. The van der Waals surface area contributed by atoms with Crippen molar-refractivity contribution in [2.24, 2.45) is 0 Å². The van der Waals surface area contributed by atoms with Crippen LogP contribution in [-0.4, -0.2) is 44.0 Å². The van der Waals surface area contributed by atoms with Crippen molar-refractivity contribution in [3.05, 3.63) is 11.1 Å². The van der Waals surface area contributed by atoms with Crippen LogP contribution in [0.5, 0.6) is 0 Å². The summed E-state index contributed by atoms with van der Waals surface area (Å²) in [7, 11) is 3.22. The molecular weight excluding hydrogens is 278 g/mol. The van der Waals surface area contributed by atoms with Gasteiger partial charge in [0.1, 0.15) is 0 Å². The SMILES string of the molecule is CCN(C(C)=O)c1nc(CNC(C)C(OC)OC)cs1. The topological polar surface area (TPSA) is 63.7 Å². The normalized spacial score (nSPS) is 12.7. The standard InChI is InChI=1S/C13H23N3O3S/c1-6-16(10(3)17)13-15-11(8-20-13)7-14-9(2)12(18-4)19-5/h8-9,12,14H,6-7H2,1-5H3. The number of amides is 1. The first-order valence-corrected chi connectivity index (χ1v) is 7.42. The summed E-state index contributed by atoms with van der Waals surface area (Å²) < 4.78 is 10.4. The molecule has 1 heterocycles. The van der Waals surface area contributed by atoms with Crippen LogP contribution in [0.3, 0.4) is 0 Å². The molecule has 0 aliphatic carbocycles. The Hall–Kier alpha value is -1.02. The zero-order valence-electron chi connectivity index (χ0n) is 12.7. The van der Waals surface area contributed by atoms with Crippen molar-refractivity contribution in [1.29, 1.82) is 0 Å². The van der Waals surface area contributed by atoms with Crippen LogP contribution in [0.2, 0.25) is 0 Å². The van der Waals surface area contributed by atoms with Gasteiger partial charge >= 0.3 is 0 Å². The molecule has 1 N–H and O–H groups in total. The van der Waals surface area contributed by atoms with E-state index in [-0.39, 0.29) is 18.2 Å². The average Bonchev–Trinajstić information content (AvgIpc) is 2.87. The molecule has 0 fully saturated rings. The first-order valence-electron chi connectivity index (χ1n) is 6.54. The van der Waals surface area contributed by atoms with E-state index in [1.165, 1.54) is 11.3 Å². The molecule has 1 aromatic heterocycles. The summed E-state index contributed by atoms with van der Waals surface area (Å²) in [6.45, 7) is 6.70. The van der Waals surface area contributed by atoms with Crippen molar-refractivity contribution < 1.29 is 14.3 Å². The lowest BCUT2D eigenvalue weighted by Gasteiger charge is -2.21. The van der Waals surface area contributed by atoms with Crippen LogP contribution in [-0.2, 0) is 20.8 Å². The highest BCUT2D eigenvalue weighted by atomic mass is 32.1. The molecule has 0 bridgehead atoms. The molecule has 0 aliphatic rings. The van der Waals surface area contributed by atoms with Crippen molar-refractivity contribution >= 4 is 22.4 Å². The van der Waals surface area contributed by atoms with Gasteiger partial charge in [-0.15, -0.1) is 11.3 Å². The zero-order chi connectivity index (χ0) is 15.1. The van der Waals surface area contributed by atoms with Gasteiger partial charge in [-0.2, -0.15) is 0 Å². The Labute approximate surface area is 124 Å². The van der Waals surface area contributed by atoms with Crippen molar-refractivity contribution in [3.8, 4) is 0 Å². The van der Waals surface area contributed by atoms with Gasteiger partial charge in [-0.1, -0.05) is 0 Å². The largest absolute Gasteiger partial charge is 0.354 e. The number of anilines is 1. The second-order valence-corrected chi connectivity index (χ2v) is 5.23. The molecule has 0 radical (unpaired) electrons. The molecule has 1 rings (SSSR count). The van der Waals surface area contributed by atoms with Crippen LogP contribution in [0.1, 0.15) is 26.5 Å². The van der Waals surface area contributed by atoms with Crippen LogP contribution >= 0.6 is 11.3 Å². The summed E-state index contributed by atoms with van der Waals surface area (Å²) >= 11 is 1.47. The van der Waals surface area contributed by atoms with Crippen molar-refractivity contribution in [2.45, 2.75) is 39.6 Å². The third kappa shape index (κ3) is 4.52. The lowest BCUT2D eigenvalue weighted by Crippen LogP contribution is -2.39. The molecule has 114 valence electrons. The summed E-state index contributed by atoms with van der Waals surface area (Å²) in [6.07, 6.45) is -0.294. The van der Waals surface area contributed by atoms with E-state index >= 15 is 0 Å². The highest BCUT2D eigenvalue weighted by Crippen LogP contribution is 2.20. The Morgan fingerprint density at radius 3 is 2.65 bits per heavy atom. The number of thiazole rings is 1. The van der Waals surface area contributed by atoms with Gasteiger partial charge in [0.25, 0.3) is 0 Å². The second-order valence-electron chi connectivity index (χ2n) is 4.39. The number of ether oxygens (including phenoxy) is 2. The summed E-state index contributed by atoms with van der Waals surface area (Å²) in [6, 6.07) is 0.0465. The second kappa shape index (κ2) is 8.31. The van der Waals surface area contributed by atoms with E-state index in [2.05, 4.69) is 10.3 Å². The van der Waals surface area contributed by atoms with Gasteiger partial charge in [-0.3, -0.25) is 9.69 Å². The van der Waals surface area contributed by atoms with Gasteiger partial charge in [0, 0.05) is 39.6 Å². The highest BCUT2D eigenvalue weighted by molar-refractivity contribution is 7.14. The Balaban J connectivity index is 2.58. The summed E-state index contributed by atoms with van der Waals surface area (Å²) in [5, 5.41) is 5.98. The number of carbonyl (C=O) groups excluding carboxylic acids is 1. The molecule has 0 saturated heterocycles. The van der Waals surface area contributed by atoms with Gasteiger partial charge in [0.15, 0.2) is 11.4 Å². The number of methoxy groups -OCH3 is 2. The number of hydrogen-bond acceptors (Lipinski definition) is 6. The Kier molecular flexibility index (Phi) is 7.08. The molecular formula is C13H23N3O3S. The zero-order valence-corrected chi connectivity index (χ0v) is 13.5. The molecule has 1 aromatic rings. The third-order valence-corrected chi connectivity index (χ3v) is 3.86. The Morgan fingerprint density at radius 2 is 2.15 bits per heavy atom. The molecule has 6 nitrogen and oxygen atoms in total. The Morgan fingerprint density at radius 1 is 1.50 bits per heavy atom. The fraction of sp³-hybridized carbons (Fsp3) is 0.692. The van der Waals surface area contributed by atoms with Crippen LogP contribution in [0, 0.1) is 0 Å². The predicted octanol–water partition coefficient (Wildman–Crippen LogP) is 1.61. The van der Waals surface area contributed by atoms with Crippen LogP contribution in [0.4, 0.5) is 5.13 Å². The molecule has 20 heavy (non-hydrogen) atoms. The summed E-state index contributed by atoms with van der Waals surface area (Å²) in [5.74, 6) is 0.00792. The number of carbonyl (C=O) groups is 1. The first-order chi connectivity index (χ1) is 9.53. The van der Waals surface area contributed by atoms with Gasteiger partial charge < -0.3 is 14.8 Å². The molecule has 1 unspecified atom stereocenters. The Bertz CT molecular complexity index is 421. The minimum absolute atomic E-state index is 0.00792. The number of nitrogens with one attached hydrogen (secondary N) is 1. The van der Waals surface area contributed by atoms with E-state index in [1.54, 1.807) is 26.0 Å². The van der Waals surface area contributed by atoms with E-state index in [1.807, 2.05) is 19.2 Å². The van der Waals surface area contributed by atoms with E-state index in [0.717, 1.165) is 10.8 Å². The maximum absolute atomic E-state index is 11.5. The first kappa shape index (κ1) is 17.0. The van der Waals surface area contributed by atoms with Gasteiger partial charge in [0.2, 0.25) is 5.91 Å². The maximum atomic E-state index is 11.5. The van der Waals surface area contributed by atoms with Crippen molar-refractivity contribution in [1.82, 2.24) is 10.3 Å². The molecule has 0 saturated carbocycles.